The first-order valence-corrected chi connectivity index (χ1v) is 10.7. The second-order valence-corrected chi connectivity index (χ2v) is 7.98. The molecule has 1 N–H and O–H groups in total. The molecule has 7 heteroatoms. The molecule has 166 valence electrons. The van der Waals surface area contributed by atoms with Crippen molar-refractivity contribution in [2.45, 2.75) is 13.8 Å². The number of anilines is 1. The fourth-order valence-corrected chi connectivity index (χ4v) is 3.64. The van der Waals surface area contributed by atoms with Crippen molar-refractivity contribution in [2.75, 3.05) is 12.4 Å². The van der Waals surface area contributed by atoms with E-state index in [1.807, 2.05) is 31.2 Å². The average Bonchev–Trinajstić information content (AvgIpc) is 2.82. The Morgan fingerprint density at radius 2 is 1.64 bits per heavy atom. The first-order valence-electron chi connectivity index (χ1n) is 10.3. The van der Waals surface area contributed by atoms with Gasteiger partial charge in [0.15, 0.2) is 0 Å². The Kier molecular flexibility index (Phi) is 6.29. The number of aromatic nitrogens is 2. The summed E-state index contributed by atoms with van der Waals surface area (Å²) < 4.78 is 7.06. The van der Waals surface area contributed by atoms with E-state index in [0.717, 1.165) is 5.56 Å². The molecule has 4 aromatic rings. The summed E-state index contributed by atoms with van der Waals surface area (Å²) in [6.45, 7) is 3.59. The number of ether oxygens (including phenoxy) is 1. The number of nitrogens with zero attached hydrogens (tertiary/aromatic N) is 2. The summed E-state index contributed by atoms with van der Waals surface area (Å²) in [5, 5.41) is 7.96. The molecular weight excluding hydrogens is 438 g/mol. The lowest BCUT2D eigenvalue weighted by Gasteiger charge is -2.19. The Labute approximate surface area is 196 Å². The van der Waals surface area contributed by atoms with Crippen molar-refractivity contribution in [3.8, 4) is 22.6 Å². The zero-order valence-corrected chi connectivity index (χ0v) is 19.2. The van der Waals surface area contributed by atoms with E-state index in [2.05, 4.69) is 10.4 Å². The Hall–Kier alpha value is -3.90. The largest absolute Gasteiger partial charge is 0.496 e. The molecule has 0 saturated carbocycles. The van der Waals surface area contributed by atoms with Crippen LogP contribution in [0.2, 0.25) is 5.02 Å². The molecule has 0 aliphatic heterocycles. The molecule has 1 amide bonds. The van der Waals surface area contributed by atoms with E-state index in [1.165, 1.54) is 7.11 Å². The number of hydrogen-bond acceptors (Lipinski definition) is 4. The number of aryl methyl sites for hydroxylation is 2. The third-order valence-corrected chi connectivity index (χ3v) is 5.50. The molecule has 6 nitrogen and oxygen atoms in total. The molecule has 4 rings (SSSR count). The van der Waals surface area contributed by atoms with E-state index in [1.54, 1.807) is 60.1 Å². The fraction of sp³-hybridized carbons (Fsp3) is 0.115. The number of para-hydroxylation sites is 1. The van der Waals surface area contributed by atoms with Gasteiger partial charge in [-0.05, 0) is 56.3 Å². The van der Waals surface area contributed by atoms with Crippen LogP contribution in [0.3, 0.4) is 0 Å². The van der Waals surface area contributed by atoms with Gasteiger partial charge in [0, 0.05) is 16.1 Å². The summed E-state index contributed by atoms with van der Waals surface area (Å²) in [5.41, 5.74) is 2.95. The van der Waals surface area contributed by atoms with E-state index in [4.69, 9.17) is 16.3 Å². The number of amides is 1. The highest BCUT2D eigenvalue weighted by Gasteiger charge is 2.23. The molecule has 0 aliphatic rings. The van der Waals surface area contributed by atoms with Gasteiger partial charge in [-0.25, -0.2) is 4.68 Å². The van der Waals surface area contributed by atoms with Crippen LogP contribution in [0, 0.1) is 13.8 Å². The number of benzene rings is 3. The minimum Gasteiger partial charge on any atom is -0.496 e. The third-order valence-electron chi connectivity index (χ3n) is 5.25. The summed E-state index contributed by atoms with van der Waals surface area (Å²) in [6, 6.07) is 21.3. The van der Waals surface area contributed by atoms with Crippen molar-refractivity contribution < 1.29 is 9.53 Å². The number of hydrogen-bond donors (Lipinski definition) is 1. The van der Waals surface area contributed by atoms with Gasteiger partial charge >= 0.3 is 0 Å². The van der Waals surface area contributed by atoms with Gasteiger partial charge in [-0.1, -0.05) is 47.5 Å². The molecule has 33 heavy (non-hydrogen) atoms. The van der Waals surface area contributed by atoms with Crippen molar-refractivity contribution in [1.29, 1.82) is 0 Å². The predicted octanol–water partition coefficient (Wildman–Crippen LogP) is 5.43. The van der Waals surface area contributed by atoms with Gasteiger partial charge in [-0.3, -0.25) is 9.59 Å². The summed E-state index contributed by atoms with van der Waals surface area (Å²) >= 11 is 6.07. The van der Waals surface area contributed by atoms with Crippen molar-refractivity contribution in [3.63, 3.8) is 0 Å². The van der Waals surface area contributed by atoms with Crippen molar-refractivity contribution in [1.82, 2.24) is 9.78 Å². The van der Waals surface area contributed by atoms with Gasteiger partial charge in [0.2, 0.25) is 5.43 Å². The van der Waals surface area contributed by atoms with Crippen LogP contribution in [0.15, 0.2) is 77.6 Å². The Morgan fingerprint density at radius 3 is 2.30 bits per heavy atom. The first-order chi connectivity index (χ1) is 15.9. The number of carbonyl (C=O) groups excluding carboxylic acids is 1. The minimum absolute atomic E-state index is 0.239. The van der Waals surface area contributed by atoms with Crippen molar-refractivity contribution >= 4 is 23.3 Å². The van der Waals surface area contributed by atoms with Gasteiger partial charge < -0.3 is 10.1 Å². The zero-order chi connectivity index (χ0) is 23.5. The lowest BCUT2D eigenvalue weighted by atomic mass is 10.0. The number of carbonyl (C=O) groups is 1. The standard InChI is InChI=1S/C26H22ClN3O3/c1-16-8-10-18(11-9-16)26(32)28-25-23(21-6-4-5-7-22(21)33-3)24(31)17(2)29-30(25)20-14-12-19(27)13-15-20/h4-15H,1-3H3,(H,28,32). The van der Waals surface area contributed by atoms with Gasteiger partial charge in [0.1, 0.15) is 17.3 Å². The topological polar surface area (TPSA) is 73.2 Å². The van der Waals surface area contributed by atoms with Crippen LogP contribution < -0.4 is 15.5 Å². The number of rotatable bonds is 5. The molecule has 0 fully saturated rings. The van der Waals surface area contributed by atoms with Gasteiger partial charge in [0.25, 0.3) is 5.91 Å². The smallest absolute Gasteiger partial charge is 0.256 e. The molecule has 1 aromatic heterocycles. The summed E-state index contributed by atoms with van der Waals surface area (Å²) in [7, 11) is 1.54. The van der Waals surface area contributed by atoms with Crippen molar-refractivity contribution in [2.24, 2.45) is 0 Å². The maximum atomic E-state index is 13.4. The van der Waals surface area contributed by atoms with E-state index in [9.17, 15) is 9.59 Å². The molecule has 0 radical (unpaired) electrons. The highest BCUT2D eigenvalue weighted by Crippen LogP contribution is 2.34. The second kappa shape index (κ2) is 9.30. The maximum absolute atomic E-state index is 13.4. The van der Waals surface area contributed by atoms with Crippen LogP contribution in [-0.2, 0) is 0 Å². The van der Waals surface area contributed by atoms with Crippen LogP contribution >= 0.6 is 11.6 Å². The van der Waals surface area contributed by atoms with E-state index in [0.29, 0.717) is 27.6 Å². The van der Waals surface area contributed by atoms with Crippen LogP contribution in [0.5, 0.6) is 5.75 Å². The van der Waals surface area contributed by atoms with E-state index in [-0.39, 0.29) is 28.4 Å². The van der Waals surface area contributed by atoms with E-state index >= 15 is 0 Å². The van der Waals surface area contributed by atoms with Gasteiger partial charge in [-0.2, -0.15) is 5.10 Å². The number of methoxy groups -OCH3 is 1. The molecular formula is C26H22ClN3O3. The molecule has 0 unspecified atom stereocenters. The number of nitrogens with one attached hydrogen (secondary N) is 1. The normalized spacial score (nSPS) is 10.7. The average molecular weight is 460 g/mol. The van der Waals surface area contributed by atoms with Crippen LogP contribution in [0.25, 0.3) is 16.8 Å². The monoisotopic (exact) mass is 459 g/mol. The van der Waals surface area contributed by atoms with Crippen LogP contribution in [0.1, 0.15) is 21.6 Å². The molecule has 0 saturated heterocycles. The molecule has 3 aromatic carbocycles. The first kappa shape index (κ1) is 22.3. The quantitative estimate of drug-likeness (QED) is 0.432. The Morgan fingerprint density at radius 1 is 0.970 bits per heavy atom. The van der Waals surface area contributed by atoms with Crippen LogP contribution in [0.4, 0.5) is 5.82 Å². The lowest BCUT2D eigenvalue weighted by Crippen LogP contribution is -2.25. The Balaban J connectivity index is 1.98. The van der Waals surface area contributed by atoms with Gasteiger partial charge in [-0.15, -0.1) is 0 Å². The summed E-state index contributed by atoms with van der Waals surface area (Å²) in [4.78, 5) is 26.5. The predicted molar refractivity (Wildman–Crippen MR) is 131 cm³/mol. The molecule has 0 aliphatic carbocycles. The van der Waals surface area contributed by atoms with E-state index < -0.39 is 0 Å². The Bertz CT molecular complexity index is 1380. The highest BCUT2D eigenvalue weighted by atomic mass is 35.5. The van der Waals surface area contributed by atoms with Gasteiger partial charge in [0.05, 0.1) is 18.4 Å². The zero-order valence-electron chi connectivity index (χ0n) is 18.4. The lowest BCUT2D eigenvalue weighted by molar-refractivity contribution is 0.102. The minimum atomic E-state index is -0.362. The number of halogens is 1. The molecule has 0 bridgehead atoms. The molecule has 0 atom stereocenters. The third kappa shape index (κ3) is 4.52. The van der Waals surface area contributed by atoms with Crippen molar-refractivity contribution in [3.05, 3.63) is 105 Å². The summed E-state index contributed by atoms with van der Waals surface area (Å²) in [6.07, 6.45) is 0. The molecule has 0 spiro atoms. The second-order valence-electron chi connectivity index (χ2n) is 7.55. The van der Waals surface area contributed by atoms with Crippen LogP contribution in [-0.4, -0.2) is 22.8 Å². The molecule has 1 heterocycles. The summed E-state index contributed by atoms with van der Waals surface area (Å²) in [5.74, 6) is 0.385. The highest BCUT2D eigenvalue weighted by molar-refractivity contribution is 6.30. The maximum Gasteiger partial charge on any atom is 0.256 e. The fourth-order valence-electron chi connectivity index (χ4n) is 3.51. The SMILES string of the molecule is COc1ccccc1-c1c(NC(=O)c2ccc(C)cc2)n(-c2ccc(Cl)cc2)nc(C)c1=O.